The van der Waals surface area contributed by atoms with Crippen molar-refractivity contribution >= 4 is 17.8 Å². The van der Waals surface area contributed by atoms with Gasteiger partial charge >= 0.3 is 5.97 Å². The fourth-order valence-electron chi connectivity index (χ4n) is 3.35. The van der Waals surface area contributed by atoms with Crippen LogP contribution >= 0.6 is 0 Å². The Hall–Kier alpha value is -2.57. The van der Waals surface area contributed by atoms with Crippen molar-refractivity contribution in [1.29, 1.82) is 0 Å². The monoisotopic (exact) mass is 374 g/mol. The molecule has 0 spiro atoms. The number of hydrogen-bond acceptors (Lipinski definition) is 4. The number of likely N-dealkylation sites (tertiary alicyclic amines) is 1. The number of aliphatic imine (C=N–C) groups is 1. The molecule has 0 bridgehead atoms. The standard InChI is InChI=1S/C20H30N4O3/c1-15-12-24(14-17(15)19(26)27-4)20(21-2)22-11-10-18(25)23(3)13-16-8-6-5-7-9-16/h5-9,15,17H,10-14H2,1-4H3,(H,21,22). The number of hydrogen-bond donors (Lipinski definition) is 1. The average Bonchev–Trinajstić information content (AvgIpc) is 3.06. The molecule has 148 valence electrons. The van der Waals surface area contributed by atoms with Crippen LogP contribution in [-0.4, -0.2) is 68.5 Å². The number of carbonyl (C=O) groups excluding carboxylic acids is 2. The molecule has 2 unspecified atom stereocenters. The molecule has 1 aliphatic heterocycles. The molecule has 2 rings (SSSR count). The van der Waals surface area contributed by atoms with Crippen LogP contribution in [0.3, 0.4) is 0 Å². The second kappa shape index (κ2) is 9.94. The van der Waals surface area contributed by atoms with E-state index in [4.69, 9.17) is 4.74 Å². The van der Waals surface area contributed by atoms with Gasteiger partial charge in [0.05, 0.1) is 13.0 Å². The lowest BCUT2D eigenvalue weighted by Gasteiger charge is -2.22. The average molecular weight is 374 g/mol. The van der Waals surface area contributed by atoms with Gasteiger partial charge in [-0.3, -0.25) is 14.6 Å². The van der Waals surface area contributed by atoms with Crippen molar-refractivity contribution in [1.82, 2.24) is 15.1 Å². The van der Waals surface area contributed by atoms with E-state index in [1.165, 1.54) is 7.11 Å². The normalized spacial score (nSPS) is 19.7. The molecule has 1 heterocycles. The third kappa shape index (κ3) is 5.70. The molecule has 7 nitrogen and oxygen atoms in total. The van der Waals surface area contributed by atoms with Crippen LogP contribution in [0.15, 0.2) is 35.3 Å². The van der Waals surface area contributed by atoms with Crippen LogP contribution in [-0.2, 0) is 20.9 Å². The summed E-state index contributed by atoms with van der Waals surface area (Å²) in [6.07, 6.45) is 0.381. The molecule has 0 radical (unpaired) electrons. The molecule has 1 N–H and O–H groups in total. The summed E-state index contributed by atoms with van der Waals surface area (Å²) in [5.41, 5.74) is 1.11. The Morgan fingerprint density at radius 1 is 1.30 bits per heavy atom. The first-order valence-corrected chi connectivity index (χ1v) is 9.27. The zero-order valence-electron chi connectivity index (χ0n) is 16.6. The number of carbonyl (C=O) groups is 2. The first-order valence-electron chi connectivity index (χ1n) is 9.27. The lowest BCUT2D eigenvalue weighted by Crippen LogP contribution is -2.42. The number of rotatable bonds is 6. The van der Waals surface area contributed by atoms with E-state index in [1.807, 2.05) is 49.2 Å². The van der Waals surface area contributed by atoms with Gasteiger partial charge in [0.2, 0.25) is 5.91 Å². The van der Waals surface area contributed by atoms with Crippen molar-refractivity contribution in [3.8, 4) is 0 Å². The third-order valence-corrected chi connectivity index (χ3v) is 4.94. The van der Waals surface area contributed by atoms with E-state index in [0.717, 1.165) is 12.1 Å². The van der Waals surface area contributed by atoms with Gasteiger partial charge in [0.1, 0.15) is 0 Å². The predicted octanol–water partition coefficient (Wildman–Crippen LogP) is 1.35. The molecule has 1 aliphatic rings. The quantitative estimate of drug-likeness (QED) is 0.462. The lowest BCUT2D eigenvalue weighted by molar-refractivity contribution is -0.146. The lowest BCUT2D eigenvalue weighted by atomic mass is 9.99. The van der Waals surface area contributed by atoms with Crippen molar-refractivity contribution < 1.29 is 14.3 Å². The minimum absolute atomic E-state index is 0.0732. The van der Waals surface area contributed by atoms with E-state index in [1.54, 1.807) is 11.9 Å². The highest BCUT2D eigenvalue weighted by Crippen LogP contribution is 2.24. The minimum atomic E-state index is -0.182. The zero-order valence-corrected chi connectivity index (χ0v) is 16.6. The molecule has 1 aromatic carbocycles. The molecule has 27 heavy (non-hydrogen) atoms. The van der Waals surface area contributed by atoms with Crippen LogP contribution in [0.1, 0.15) is 18.9 Å². The van der Waals surface area contributed by atoms with Crippen LogP contribution < -0.4 is 5.32 Å². The number of benzene rings is 1. The Morgan fingerprint density at radius 2 is 2.00 bits per heavy atom. The molecule has 7 heteroatoms. The molecular weight excluding hydrogens is 344 g/mol. The van der Waals surface area contributed by atoms with Gasteiger partial charge in [-0.15, -0.1) is 0 Å². The maximum atomic E-state index is 12.3. The minimum Gasteiger partial charge on any atom is -0.469 e. The first kappa shape index (κ1) is 20.7. The van der Waals surface area contributed by atoms with E-state index in [9.17, 15) is 9.59 Å². The van der Waals surface area contributed by atoms with Crippen molar-refractivity contribution in [2.24, 2.45) is 16.8 Å². The van der Waals surface area contributed by atoms with E-state index in [2.05, 4.69) is 10.3 Å². The SMILES string of the molecule is CN=C(NCCC(=O)N(C)Cc1ccccc1)N1CC(C)C(C(=O)OC)C1. The Morgan fingerprint density at radius 3 is 2.63 bits per heavy atom. The van der Waals surface area contributed by atoms with Gasteiger partial charge in [0.15, 0.2) is 5.96 Å². The summed E-state index contributed by atoms with van der Waals surface area (Å²) in [5, 5.41) is 3.24. The number of nitrogens with zero attached hydrogens (tertiary/aromatic N) is 3. The smallest absolute Gasteiger partial charge is 0.310 e. The zero-order chi connectivity index (χ0) is 19.8. The predicted molar refractivity (Wildman–Crippen MR) is 105 cm³/mol. The number of nitrogens with one attached hydrogen (secondary N) is 1. The van der Waals surface area contributed by atoms with E-state index in [-0.39, 0.29) is 23.7 Å². The third-order valence-electron chi connectivity index (χ3n) is 4.94. The number of esters is 1. The molecule has 1 saturated heterocycles. The fourth-order valence-corrected chi connectivity index (χ4v) is 3.35. The van der Waals surface area contributed by atoms with Crippen LogP contribution in [0.2, 0.25) is 0 Å². The first-order chi connectivity index (χ1) is 13.0. The highest BCUT2D eigenvalue weighted by atomic mass is 16.5. The summed E-state index contributed by atoms with van der Waals surface area (Å²) in [6, 6.07) is 9.92. The second-order valence-corrected chi connectivity index (χ2v) is 6.97. The summed E-state index contributed by atoms with van der Waals surface area (Å²) in [4.78, 5) is 32.3. The second-order valence-electron chi connectivity index (χ2n) is 6.97. The van der Waals surface area contributed by atoms with Crippen molar-refractivity contribution in [3.05, 3.63) is 35.9 Å². The van der Waals surface area contributed by atoms with Gasteiger partial charge in [0.25, 0.3) is 0 Å². The van der Waals surface area contributed by atoms with E-state index < -0.39 is 0 Å². The summed E-state index contributed by atoms with van der Waals surface area (Å²) < 4.78 is 4.88. The molecule has 0 saturated carbocycles. The van der Waals surface area contributed by atoms with Gasteiger partial charge in [-0.1, -0.05) is 37.3 Å². The summed E-state index contributed by atoms with van der Waals surface area (Å²) in [7, 11) is 4.94. The maximum Gasteiger partial charge on any atom is 0.310 e. The molecule has 0 aromatic heterocycles. The molecule has 0 aliphatic carbocycles. The van der Waals surface area contributed by atoms with Crippen LogP contribution in [0.25, 0.3) is 0 Å². The highest BCUT2D eigenvalue weighted by molar-refractivity contribution is 5.83. The largest absolute Gasteiger partial charge is 0.469 e. The molecule has 2 atom stereocenters. The summed E-state index contributed by atoms with van der Waals surface area (Å²) in [5.74, 6) is 0.663. The Bertz CT molecular complexity index is 662. The van der Waals surface area contributed by atoms with Crippen molar-refractivity contribution in [2.75, 3.05) is 40.8 Å². The number of methoxy groups -OCH3 is 1. The van der Waals surface area contributed by atoms with Crippen molar-refractivity contribution in [2.45, 2.75) is 19.9 Å². The van der Waals surface area contributed by atoms with Gasteiger partial charge in [-0.05, 0) is 11.5 Å². The Kier molecular flexibility index (Phi) is 7.64. The molecular formula is C20H30N4O3. The van der Waals surface area contributed by atoms with Crippen LogP contribution in [0.4, 0.5) is 0 Å². The Balaban J connectivity index is 1.79. The molecule has 1 aromatic rings. The van der Waals surface area contributed by atoms with Crippen molar-refractivity contribution in [3.63, 3.8) is 0 Å². The number of guanidine groups is 1. The van der Waals surface area contributed by atoms with E-state index in [0.29, 0.717) is 32.0 Å². The number of amides is 1. The molecule has 1 fully saturated rings. The van der Waals surface area contributed by atoms with Gasteiger partial charge < -0.3 is 19.9 Å². The molecule has 1 amide bonds. The fraction of sp³-hybridized carbons (Fsp3) is 0.550. The topological polar surface area (TPSA) is 74.2 Å². The van der Waals surface area contributed by atoms with Gasteiger partial charge in [-0.2, -0.15) is 0 Å². The highest BCUT2D eigenvalue weighted by Gasteiger charge is 2.36. The number of ether oxygens (including phenoxy) is 1. The summed E-state index contributed by atoms with van der Waals surface area (Å²) >= 11 is 0. The maximum absolute atomic E-state index is 12.3. The Labute approximate surface area is 161 Å². The van der Waals surface area contributed by atoms with Crippen LogP contribution in [0.5, 0.6) is 0 Å². The summed E-state index contributed by atoms with van der Waals surface area (Å²) in [6.45, 7) is 4.45. The van der Waals surface area contributed by atoms with Gasteiger partial charge in [0, 0.05) is 46.7 Å². The van der Waals surface area contributed by atoms with Gasteiger partial charge in [-0.25, -0.2) is 0 Å². The van der Waals surface area contributed by atoms with E-state index >= 15 is 0 Å². The van der Waals surface area contributed by atoms with Crippen LogP contribution in [0, 0.1) is 11.8 Å².